The maximum Gasteiger partial charge on any atom is 0.208 e. The molecule has 0 saturated heterocycles. The minimum atomic E-state index is 0.0980. The number of carbonyl (C=O) groups excluding carboxylic acids is 1. The van der Waals surface area contributed by atoms with Crippen LogP contribution in [0.3, 0.4) is 0 Å². The van der Waals surface area contributed by atoms with E-state index in [1.165, 1.54) is 11.8 Å². The maximum absolute atomic E-state index is 11.9. The summed E-state index contributed by atoms with van der Waals surface area (Å²) in [5.41, 5.74) is 0.730. The lowest BCUT2D eigenvalue weighted by Gasteiger charge is -1.98. The number of H-pyrrole nitrogens is 1. The Balaban J connectivity index is 1.89. The van der Waals surface area contributed by atoms with Gasteiger partial charge in [-0.2, -0.15) is 0 Å². The minimum Gasteiger partial charge on any atom is -0.293 e. The molecular weight excluding hydrogens is 258 g/mol. The number of ketones is 1. The van der Waals surface area contributed by atoms with Crippen molar-refractivity contribution in [3.8, 4) is 0 Å². The lowest BCUT2D eigenvalue weighted by atomic mass is 10.1. The molecule has 100 valence electrons. The van der Waals surface area contributed by atoms with Crippen molar-refractivity contribution in [1.29, 1.82) is 0 Å². The molecule has 0 atom stereocenters. The van der Waals surface area contributed by atoms with Gasteiger partial charge < -0.3 is 0 Å². The van der Waals surface area contributed by atoms with Crippen LogP contribution in [0.15, 0.2) is 35.5 Å². The predicted molar refractivity (Wildman–Crippen MR) is 76.4 cm³/mol. The molecule has 2 aromatic rings. The summed E-state index contributed by atoms with van der Waals surface area (Å²) >= 11 is 1.37. The van der Waals surface area contributed by atoms with Crippen LogP contribution in [0.5, 0.6) is 0 Å². The van der Waals surface area contributed by atoms with Gasteiger partial charge in [0.15, 0.2) is 5.78 Å². The highest BCUT2D eigenvalue weighted by Crippen LogP contribution is 2.15. The first-order chi connectivity index (χ1) is 9.15. The van der Waals surface area contributed by atoms with E-state index in [4.69, 9.17) is 0 Å². The molecule has 1 heterocycles. The third-order valence-electron chi connectivity index (χ3n) is 2.54. The molecule has 0 saturated carbocycles. The number of aromatic nitrogens is 3. The van der Waals surface area contributed by atoms with E-state index in [1.54, 1.807) is 0 Å². The molecule has 0 unspecified atom stereocenters. The summed E-state index contributed by atoms with van der Waals surface area (Å²) < 4.78 is 0. The molecule has 1 aromatic heterocycles. The Kier molecular flexibility index (Phi) is 4.74. The minimum absolute atomic E-state index is 0.0980. The second-order valence-corrected chi connectivity index (χ2v) is 5.68. The molecule has 5 heteroatoms. The summed E-state index contributed by atoms with van der Waals surface area (Å²) in [7, 11) is 0. The van der Waals surface area contributed by atoms with Gasteiger partial charge in [0.25, 0.3) is 0 Å². The van der Waals surface area contributed by atoms with Crippen molar-refractivity contribution >= 4 is 17.5 Å². The van der Waals surface area contributed by atoms with Gasteiger partial charge in [-0.25, -0.2) is 4.98 Å². The van der Waals surface area contributed by atoms with Crippen molar-refractivity contribution in [3.05, 3.63) is 41.7 Å². The van der Waals surface area contributed by atoms with Gasteiger partial charge in [-0.15, -0.1) is 5.10 Å². The second kappa shape index (κ2) is 6.52. The second-order valence-electron chi connectivity index (χ2n) is 4.74. The molecule has 2 rings (SSSR count). The Hall–Kier alpha value is -1.62. The number of rotatable bonds is 6. The Morgan fingerprint density at radius 2 is 2.05 bits per heavy atom. The topological polar surface area (TPSA) is 58.6 Å². The van der Waals surface area contributed by atoms with Gasteiger partial charge in [-0.1, -0.05) is 55.9 Å². The summed E-state index contributed by atoms with van der Waals surface area (Å²) in [6, 6.07) is 9.28. The number of hydrogen-bond acceptors (Lipinski definition) is 4. The smallest absolute Gasteiger partial charge is 0.208 e. The molecule has 4 nitrogen and oxygen atoms in total. The zero-order valence-electron chi connectivity index (χ0n) is 11.1. The van der Waals surface area contributed by atoms with Gasteiger partial charge in [0.1, 0.15) is 5.82 Å². The number of aromatic amines is 1. The van der Waals surface area contributed by atoms with Gasteiger partial charge in [-0.05, 0) is 5.92 Å². The van der Waals surface area contributed by atoms with Crippen molar-refractivity contribution < 1.29 is 4.79 Å². The van der Waals surface area contributed by atoms with Crippen molar-refractivity contribution in [2.75, 3.05) is 5.75 Å². The van der Waals surface area contributed by atoms with E-state index in [0.717, 1.165) is 17.8 Å². The molecule has 1 aromatic carbocycles. The van der Waals surface area contributed by atoms with E-state index < -0.39 is 0 Å². The lowest BCUT2D eigenvalue weighted by molar-refractivity contribution is 0.102. The normalized spacial score (nSPS) is 10.9. The van der Waals surface area contributed by atoms with Gasteiger partial charge in [0.2, 0.25) is 5.16 Å². The number of benzene rings is 1. The van der Waals surface area contributed by atoms with Crippen LogP contribution in [-0.2, 0) is 6.42 Å². The van der Waals surface area contributed by atoms with E-state index in [9.17, 15) is 4.79 Å². The van der Waals surface area contributed by atoms with E-state index in [2.05, 4.69) is 29.0 Å². The van der Waals surface area contributed by atoms with Crippen LogP contribution in [0.1, 0.15) is 30.0 Å². The molecule has 19 heavy (non-hydrogen) atoms. The molecule has 1 N–H and O–H groups in total. The van der Waals surface area contributed by atoms with E-state index in [1.807, 2.05) is 30.3 Å². The highest BCUT2D eigenvalue weighted by molar-refractivity contribution is 7.99. The lowest BCUT2D eigenvalue weighted by Crippen LogP contribution is -2.02. The first kappa shape index (κ1) is 13.8. The van der Waals surface area contributed by atoms with Crippen molar-refractivity contribution in [1.82, 2.24) is 15.2 Å². The Morgan fingerprint density at radius 3 is 2.74 bits per heavy atom. The molecule has 0 aliphatic rings. The molecule has 0 amide bonds. The Morgan fingerprint density at radius 1 is 1.32 bits per heavy atom. The number of Topliss-reactive ketones (excluding diaryl/α,β-unsaturated/α-hetero) is 1. The van der Waals surface area contributed by atoms with Gasteiger partial charge in [-0.3, -0.25) is 9.89 Å². The summed E-state index contributed by atoms with van der Waals surface area (Å²) in [4.78, 5) is 16.3. The van der Waals surface area contributed by atoms with Gasteiger partial charge in [0.05, 0.1) is 5.75 Å². The van der Waals surface area contributed by atoms with Crippen LogP contribution in [-0.4, -0.2) is 26.7 Å². The van der Waals surface area contributed by atoms with Crippen LogP contribution < -0.4 is 0 Å². The number of hydrogen-bond donors (Lipinski definition) is 1. The molecule has 0 aliphatic heterocycles. The van der Waals surface area contributed by atoms with Crippen molar-refractivity contribution in [2.24, 2.45) is 5.92 Å². The zero-order valence-corrected chi connectivity index (χ0v) is 11.9. The summed E-state index contributed by atoms with van der Waals surface area (Å²) in [6.45, 7) is 4.27. The van der Waals surface area contributed by atoms with E-state index in [0.29, 0.717) is 16.8 Å². The van der Waals surface area contributed by atoms with Gasteiger partial charge in [0, 0.05) is 12.0 Å². The summed E-state index contributed by atoms with van der Waals surface area (Å²) in [5, 5.41) is 7.66. The number of thioether (sulfide) groups is 1. The largest absolute Gasteiger partial charge is 0.293 e. The standard InChI is InChI=1S/C14H17N3OS/c1-10(2)8-13-15-14(17-16-13)19-9-12(18)11-6-4-3-5-7-11/h3-7,10H,8-9H2,1-2H3,(H,15,16,17). The van der Waals surface area contributed by atoms with E-state index in [-0.39, 0.29) is 5.78 Å². The first-order valence-corrected chi connectivity index (χ1v) is 7.26. The molecule has 0 fully saturated rings. The third-order valence-corrected chi connectivity index (χ3v) is 3.39. The number of carbonyl (C=O) groups is 1. The fourth-order valence-electron chi connectivity index (χ4n) is 1.66. The monoisotopic (exact) mass is 275 g/mol. The first-order valence-electron chi connectivity index (χ1n) is 6.27. The van der Waals surface area contributed by atoms with E-state index >= 15 is 0 Å². The molecule has 0 spiro atoms. The molecule has 0 bridgehead atoms. The average Bonchev–Trinajstić information content (AvgIpc) is 2.84. The average molecular weight is 275 g/mol. The van der Waals surface area contributed by atoms with Crippen LogP contribution in [0.2, 0.25) is 0 Å². The Labute approximate surface area is 117 Å². The molecule has 0 aliphatic carbocycles. The number of nitrogens with zero attached hydrogens (tertiary/aromatic N) is 2. The van der Waals surface area contributed by atoms with Gasteiger partial charge >= 0.3 is 0 Å². The van der Waals surface area contributed by atoms with Crippen molar-refractivity contribution in [3.63, 3.8) is 0 Å². The van der Waals surface area contributed by atoms with Crippen LogP contribution in [0, 0.1) is 5.92 Å². The summed E-state index contributed by atoms with van der Waals surface area (Å²) in [5.74, 6) is 1.88. The molecular formula is C14H17N3OS. The highest BCUT2D eigenvalue weighted by atomic mass is 32.2. The zero-order chi connectivity index (χ0) is 13.7. The van der Waals surface area contributed by atoms with Crippen LogP contribution in [0.4, 0.5) is 0 Å². The Bertz CT molecular complexity index is 537. The quantitative estimate of drug-likeness (QED) is 0.650. The van der Waals surface area contributed by atoms with Crippen LogP contribution >= 0.6 is 11.8 Å². The van der Waals surface area contributed by atoms with Crippen LogP contribution in [0.25, 0.3) is 0 Å². The fraction of sp³-hybridized carbons (Fsp3) is 0.357. The third kappa shape index (κ3) is 4.21. The predicted octanol–water partition coefficient (Wildman–Crippen LogP) is 2.98. The number of nitrogens with one attached hydrogen (secondary N) is 1. The fourth-order valence-corrected chi connectivity index (χ4v) is 2.37. The SMILES string of the molecule is CC(C)Cc1nc(SCC(=O)c2ccccc2)n[nH]1. The van der Waals surface area contributed by atoms with Crippen molar-refractivity contribution in [2.45, 2.75) is 25.4 Å². The maximum atomic E-state index is 11.9. The summed E-state index contributed by atoms with van der Waals surface area (Å²) in [6.07, 6.45) is 0.875. The highest BCUT2D eigenvalue weighted by Gasteiger charge is 2.09. The molecule has 0 radical (unpaired) electrons.